The maximum Gasteiger partial charge on any atom is 0.252 e. The number of hydrogen-bond acceptors (Lipinski definition) is 3. The van der Waals surface area contributed by atoms with Crippen LogP contribution in [-0.2, 0) is 0 Å². The molecule has 1 atom stereocenters. The van der Waals surface area contributed by atoms with Gasteiger partial charge in [-0.3, -0.25) is 4.79 Å². The van der Waals surface area contributed by atoms with Gasteiger partial charge in [0.2, 0.25) is 0 Å². The van der Waals surface area contributed by atoms with E-state index >= 15 is 0 Å². The van der Waals surface area contributed by atoms with Crippen LogP contribution >= 0.6 is 11.6 Å². The Morgan fingerprint density at radius 2 is 2.12 bits per heavy atom. The second kappa shape index (κ2) is 7.58. The fourth-order valence-corrected chi connectivity index (χ4v) is 4.01. The number of furan rings is 1. The topological polar surface area (TPSA) is 68.3 Å². The third-order valence-corrected chi connectivity index (χ3v) is 5.27. The van der Waals surface area contributed by atoms with E-state index in [2.05, 4.69) is 18.3 Å². The zero-order chi connectivity index (χ0) is 17.1. The number of carbonyl (C=O) groups excluding carboxylic acids is 1. The van der Waals surface area contributed by atoms with Gasteiger partial charge in [-0.1, -0.05) is 31.4 Å². The van der Waals surface area contributed by atoms with Crippen molar-refractivity contribution in [2.45, 2.75) is 44.9 Å². The highest BCUT2D eigenvalue weighted by Crippen LogP contribution is 2.39. The van der Waals surface area contributed by atoms with Gasteiger partial charge >= 0.3 is 0 Å². The van der Waals surface area contributed by atoms with Crippen molar-refractivity contribution < 1.29 is 9.21 Å². The number of piperidine rings is 1. The molecule has 1 unspecified atom stereocenters. The molecule has 1 amide bonds. The highest BCUT2D eigenvalue weighted by molar-refractivity contribution is 6.32. The van der Waals surface area contributed by atoms with Crippen molar-refractivity contribution in [1.82, 2.24) is 5.32 Å². The average molecular weight is 349 g/mol. The molecule has 0 radical (unpaired) electrons. The van der Waals surface area contributed by atoms with Gasteiger partial charge in [0.1, 0.15) is 11.3 Å². The maximum absolute atomic E-state index is 11.7. The lowest BCUT2D eigenvalue weighted by atomic mass is 9.80. The summed E-state index contributed by atoms with van der Waals surface area (Å²) >= 11 is 6.13. The quantitative estimate of drug-likeness (QED) is 0.809. The number of amides is 1. The molecule has 0 saturated carbocycles. The highest BCUT2D eigenvalue weighted by Gasteiger charge is 2.28. The molecule has 1 aromatic carbocycles. The third-order valence-electron chi connectivity index (χ3n) is 5.05. The molecule has 1 saturated heterocycles. The normalized spacial score (nSPS) is 17.2. The molecule has 1 fully saturated rings. The molecule has 2 aromatic rings. The van der Waals surface area contributed by atoms with E-state index in [-0.39, 0.29) is 0 Å². The predicted molar refractivity (Wildman–Crippen MR) is 97.6 cm³/mol. The third kappa shape index (κ3) is 3.60. The number of benzene rings is 1. The number of nitrogens with two attached hydrogens (primary N) is 1. The van der Waals surface area contributed by atoms with Crippen LogP contribution < -0.4 is 11.1 Å². The van der Waals surface area contributed by atoms with Gasteiger partial charge in [0.25, 0.3) is 5.91 Å². The molecule has 4 nitrogen and oxygen atoms in total. The Morgan fingerprint density at radius 3 is 2.79 bits per heavy atom. The van der Waals surface area contributed by atoms with E-state index in [0.717, 1.165) is 43.5 Å². The Kier molecular flexibility index (Phi) is 5.47. The smallest absolute Gasteiger partial charge is 0.252 e. The number of unbranched alkanes of at least 4 members (excludes halogenated alkanes) is 1. The second-order valence-corrected chi connectivity index (χ2v) is 7.16. The lowest BCUT2D eigenvalue weighted by molar-refractivity contribution is 0.100. The minimum atomic E-state index is -0.504. The van der Waals surface area contributed by atoms with Crippen LogP contribution in [0.5, 0.6) is 0 Å². The first-order valence-electron chi connectivity index (χ1n) is 8.83. The Balaban J connectivity index is 2.00. The fraction of sp³-hybridized carbons (Fsp3) is 0.526. The number of fused-ring (bicyclic) bond motifs is 1. The molecule has 1 aromatic heterocycles. The molecule has 5 heteroatoms. The molecule has 3 N–H and O–H groups in total. The van der Waals surface area contributed by atoms with E-state index in [1.54, 1.807) is 6.07 Å². The van der Waals surface area contributed by atoms with Crippen LogP contribution in [0.1, 0.15) is 61.1 Å². The Hall–Kier alpha value is -1.52. The van der Waals surface area contributed by atoms with Crippen LogP contribution in [-0.4, -0.2) is 19.0 Å². The number of halogens is 1. The first-order chi connectivity index (χ1) is 11.6. The van der Waals surface area contributed by atoms with Crippen LogP contribution in [0.4, 0.5) is 0 Å². The van der Waals surface area contributed by atoms with Crippen LogP contribution in [0.2, 0.25) is 5.02 Å². The number of nitrogens with one attached hydrogen (secondary N) is 1. The van der Waals surface area contributed by atoms with Gasteiger partial charge in [0.15, 0.2) is 0 Å². The summed E-state index contributed by atoms with van der Waals surface area (Å²) in [4.78, 5) is 11.7. The number of hydrogen-bond donors (Lipinski definition) is 2. The standard InChI is InChI=1S/C19H25ClN2O2/c1-2-3-4-15(12-5-7-22-8-6-12)17-10-13-9-14(20)11-16(19(21)23)18(13)24-17/h9-12,15,22H,2-8H2,1H3,(H2,21,23). The highest BCUT2D eigenvalue weighted by atomic mass is 35.5. The second-order valence-electron chi connectivity index (χ2n) is 6.72. The fourth-order valence-electron chi connectivity index (χ4n) is 3.78. The Labute approximate surface area is 147 Å². The van der Waals surface area contributed by atoms with Gasteiger partial charge in [0, 0.05) is 16.3 Å². The van der Waals surface area contributed by atoms with Gasteiger partial charge in [-0.15, -0.1) is 0 Å². The molecule has 3 rings (SSSR count). The van der Waals surface area contributed by atoms with Crippen molar-refractivity contribution in [3.63, 3.8) is 0 Å². The molecular weight excluding hydrogens is 324 g/mol. The van der Waals surface area contributed by atoms with E-state index < -0.39 is 5.91 Å². The molecule has 0 spiro atoms. The van der Waals surface area contributed by atoms with E-state index in [9.17, 15) is 4.79 Å². The van der Waals surface area contributed by atoms with Crippen LogP contribution in [0, 0.1) is 5.92 Å². The minimum absolute atomic E-state index is 0.364. The summed E-state index contributed by atoms with van der Waals surface area (Å²) in [6.45, 7) is 4.33. The lowest BCUT2D eigenvalue weighted by Crippen LogP contribution is -2.30. The zero-order valence-corrected chi connectivity index (χ0v) is 14.9. The Bertz CT molecular complexity index is 719. The van der Waals surface area contributed by atoms with E-state index in [1.165, 1.54) is 12.8 Å². The molecule has 2 heterocycles. The van der Waals surface area contributed by atoms with Crippen LogP contribution in [0.3, 0.4) is 0 Å². The van der Waals surface area contributed by atoms with Crippen molar-refractivity contribution in [2.75, 3.05) is 13.1 Å². The minimum Gasteiger partial charge on any atom is -0.460 e. The molecule has 1 aliphatic rings. The SMILES string of the molecule is CCCCC(c1cc2cc(Cl)cc(C(N)=O)c2o1)C1CCNCC1. The predicted octanol–water partition coefficient (Wildman–Crippen LogP) is 4.46. The van der Waals surface area contributed by atoms with Gasteiger partial charge < -0.3 is 15.5 Å². The van der Waals surface area contributed by atoms with Crippen molar-refractivity contribution in [3.05, 3.63) is 34.5 Å². The average Bonchev–Trinajstić information content (AvgIpc) is 2.98. The summed E-state index contributed by atoms with van der Waals surface area (Å²) in [7, 11) is 0. The number of carbonyl (C=O) groups is 1. The molecular formula is C19H25ClN2O2. The maximum atomic E-state index is 11.7. The lowest BCUT2D eigenvalue weighted by Gasteiger charge is -2.29. The summed E-state index contributed by atoms with van der Waals surface area (Å²) in [5.41, 5.74) is 6.42. The molecule has 1 aliphatic heterocycles. The largest absolute Gasteiger partial charge is 0.460 e. The summed E-state index contributed by atoms with van der Waals surface area (Å²) in [5.74, 6) is 1.47. The molecule has 130 valence electrons. The zero-order valence-electron chi connectivity index (χ0n) is 14.1. The Morgan fingerprint density at radius 1 is 1.38 bits per heavy atom. The summed E-state index contributed by atoms with van der Waals surface area (Å²) in [6, 6.07) is 5.48. The van der Waals surface area contributed by atoms with Gasteiger partial charge in [0.05, 0.1) is 5.56 Å². The first kappa shape index (κ1) is 17.3. The summed E-state index contributed by atoms with van der Waals surface area (Å²) in [5, 5.41) is 4.80. The van der Waals surface area contributed by atoms with Crippen molar-refractivity contribution >= 4 is 28.5 Å². The number of primary amides is 1. The monoisotopic (exact) mass is 348 g/mol. The van der Waals surface area contributed by atoms with Crippen molar-refractivity contribution in [2.24, 2.45) is 11.7 Å². The van der Waals surface area contributed by atoms with E-state index in [1.807, 2.05) is 6.07 Å². The van der Waals surface area contributed by atoms with Crippen molar-refractivity contribution in [3.8, 4) is 0 Å². The van der Waals surface area contributed by atoms with Gasteiger partial charge in [-0.2, -0.15) is 0 Å². The molecule has 24 heavy (non-hydrogen) atoms. The number of rotatable bonds is 6. The van der Waals surface area contributed by atoms with Crippen molar-refractivity contribution in [1.29, 1.82) is 0 Å². The first-order valence-corrected chi connectivity index (χ1v) is 9.21. The van der Waals surface area contributed by atoms with E-state index in [0.29, 0.717) is 28.0 Å². The van der Waals surface area contributed by atoms with Crippen LogP contribution in [0.15, 0.2) is 22.6 Å². The van der Waals surface area contributed by atoms with Gasteiger partial charge in [-0.25, -0.2) is 0 Å². The molecule has 0 bridgehead atoms. The molecule has 0 aliphatic carbocycles. The van der Waals surface area contributed by atoms with Crippen LogP contribution in [0.25, 0.3) is 11.0 Å². The summed E-state index contributed by atoms with van der Waals surface area (Å²) < 4.78 is 6.15. The van der Waals surface area contributed by atoms with E-state index in [4.69, 9.17) is 21.8 Å². The van der Waals surface area contributed by atoms with Gasteiger partial charge in [-0.05, 0) is 56.5 Å². The summed E-state index contributed by atoms with van der Waals surface area (Å²) in [6.07, 6.45) is 5.78.